The van der Waals surface area contributed by atoms with Gasteiger partial charge in [-0.05, 0) is 44.0 Å². The van der Waals surface area contributed by atoms with E-state index in [9.17, 15) is 4.79 Å². The third-order valence-electron chi connectivity index (χ3n) is 6.98. The molecule has 2 N–H and O–H groups in total. The van der Waals surface area contributed by atoms with Crippen LogP contribution in [0.4, 0.5) is 23.0 Å². The summed E-state index contributed by atoms with van der Waals surface area (Å²) < 4.78 is 1.95. The number of benzene rings is 1. The lowest BCUT2D eigenvalue weighted by Gasteiger charge is -2.36. The Kier molecular flexibility index (Phi) is 5.02. The topological polar surface area (TPSA) is 78.3 Å². The van der Waals surface area contributed by atoms with Gasteiger partial charge < -0.3 is 15.5 Å². The monoisotopic (exact) mass is 443 g/mol. The third-order valence-corrected chi connectivity index (χ3v) is 6.98. The van der Waals surface area contributed by atoms with E-state index >= 15 is 0 Å². The molecule has 33 heavy (non-hydrogen) atoms. The summed E-state index contributed by atoms with van der Waals surface area (Å²) in [7, 11) is 0. The number of aromatic nitrogens is 3. The molecule has 1 fully saturated rings. The number of fused-ring (bicyclic) bond motifs is 5. The molecular formula is C25H29N7O. The molecule has 0 aliphatic carbocycles. The molecule has 1 aromatic carbocycles. The van der Waals surface area contributed by atoms with Gasteiger partial charge in [0.05, 0.1) is 17.4 Å². The molecule has 3 aromatic rings. The first-order chi connectivity index (χ1) is 16.2. The van der Waals surface area contributed by atoms with Crippen LogP contribution in [0.1, 0.15) is 24.4 Å². The van der Waals surface area contributed by atoms with Crippen molar-refractivity contribution in [3.63, 3.8) is 0 Å². The molecule has 2 aromatic heterocycles. The highest BCUT2D eigenvalue weighted by molar-refractivity contribution is 5.85. The fourth-order valence-corrected chi connectivity index (χ4v) is 5.36. The van der Waals surface area contributed by atoms with Crippen molar-refractivity contribution in [2.24, 2.45) is 0 Å². The maximum Gasteiger partial charge on any atom is 0.276 e. The van der Waals surface area contributed by atoms with E-state index in [-0.39, 0.29) is 11.6 Å². The molecule has 0 radical (unpaired) electrons. The van der Waals surface area contributed by atoms with Crippen LogP contribution in [0.25, 0.3) is 11.0 Å². The Morgan fingerprint density at radius 3 is 3.00 bits per heavy atom. The summed E-state index contributed by atoms with van der Waals surface area (Å²) in [6.45, 7) is 7.11. The molecule has 0 spiro atoms. The van der Waals surface area contributed by atoms with E-state index in [0.29, 0.717) is 18.2 Å². The van der Waals surface area contributed by atoms with E-state index in [2.05, 4.69) is 62.7 Å². The van der Waals surface area contributed by atoms with Crippen LogP contribution in [0.15, 0.2) is 47.4 Å². The molecule has 170 valence electrons. The van der Waals surface area contributed by atoms with E-state index in [0.717, 1.165) is 68.0 Å². The van der Waals surface area contributed by atoms with Gasteiger partial charge in [0.15, 0.2) is 0 Å². The predicted octanol–water partition coefficient (Wildman–Crippen LogP) is 3.28. The predicted molar refractivity (Wildman–Crippen MR) is 133 cm³/mol. The third kappa shape index (κ3) is 3.54. The number of anilines is 4. The van der Waals surface area contributed by atoms with E-state index in [1.807, 2.05) is 16.8 Å². The second kappa shape index (κ2) is 8.19. The van der Waals surface area contributed by atoms with E-state index in [1.165, 1.54) is 5.56 Å². The Morgan fingerprint density at radius 2 is 2.06 bits per heavy atom. The number of pyridine rings is 1. The Bertz CT molecular complexity index is 1300. The van der Waals surface area contributed by atoms with Gasteiger partial charge in [-0.1, -0.05) is 24.3 Å². The summed E-state index contributed by atoms with van der Waals surface area (Å²) in [5.74, 6) is 0.560. The average molecular weight is 444 g/mol. The van der Waals surface area contributed by atoms with E-state index < -0.39 is 0 Å². The van der Waals surface area contributed by atoms with E-state index in [4.69, 9.17) is 4.98 Å². The standard InChI is InChI=1S/C25H29N7O/c1-17-6-4-8-20-22(17)26-10-13-31(20)21-14-18-15-28-25-27-9-2-3-11-30-12-5-7-19(16-30)32(24(21)33)23(18)29-25/h2-4,6,8,14-15,19,26H,5,7,9-13,16H2,1H3,(H,27,28,29)/b3-2-. The summed E-state index contributed by atoms with van der Waals surface area (Å²) in [6, 6.07) is 8.31. The maximum atomic E-state index is 14.1. The second-order valence-corrected chi connectivity index (χ2v) is 9.13. The van der Waals surface area contributed by atoms with Gasteiger partial charge in [-0.3, -0.25) is 14.3 Å². The summed E-state index contributed by atoms with van der Waals surface area (Å²) in [4.78, 5) is 28.1. The average Bonchev–Trinajstić information content (AvgIpc) is 2.83. The van der Waals surface area contributed by atoms with Gasteiger partial charge in [-0.15, -0.1) is 0 Å². The van der Waals surface area contributed by atoms with Crippen LogP contribution in [-0.4, -0.2) is 58.7 Å². The Labute approximate surface area is 192 Å². The Morgan fingerprint density at radius 1 is 1.12 bits per heavy atom. The molecular weight excluding hydrogens is 414 g/mol. The summed E-state index contributed by atoms with van der Waals surface area (Å²) in [6.07, 6.45) is 8.21. The molecule has 6 rings (SSSR count). The maximum absolute atomic E-state index is 14.1. The van der Waals surface area contributed by atoms with Gasteiger partial charge in [-0.2, -0.15) is 4.98 Å². The molecule has 2 unspecified atom stereocenters. The number of para-hydroxylation sites is 1. The van der Waals surface area contributed by atoms with Crippen molar-refractivity contribution in [3.8, 4) is 0 Å². The largest absolute Gasteiger partial charge is 0.381 e. The number of rotatable bonds is 1. The molecule has 2 atom stereocenters. The Hall–Kier alpha value is -3.39. The lowest BCUT2D eigenvalue weighted by Crippen LogP contribution is -2.42. The quantitative estimate of drug-likeness (QED) is 0.559. The van der Waals surface area contributed by atoms with Crippen molar-refractivity contribution in [1.82, 2.24) is 19.4 Å². The van der Waals surface area contributed by atoms with Crippen molar-refractivity contribution in [3.05, 3.63) is 58.5 Å². The first-order valence-corrected chi connectivity index (χ1v) is 11.8. The van der Waals surface area contributed by atoms with Crippen molar-refractivity contribution >= 4 is 34.0 Å². The van der Waals surface area contributed by atoms with Gasteiger partial charge in [-0.25, -0.2) is 4.98 Å². The molecule has 1 saturated heterocycles. The first kappa shape index (κ1) is 20.2. The fraction of sp³-hybridized carbons (Fsp3) is 0.400. The van der Waals surface area contributed by atoms with Gasteiger partial charge >= 0.3 is 0 Å². The van der Waals surface area contributed by atoms with Gasteiger partial charge in [0.2, 0.25) is 5.95 Å². The van der Waals surface area contributed by atoms with Crippen molar-refractivity contribution in [2.75, 3.05) is 54.8 Å². The zero-order valence-corrected chi connectivity index (χ0v) is 18.9. The minimum absolute atomic E-state index is 0.0287. The molecule has 3 aliphatic rings. The van der Waals surface area contributed by atoms with Crippen molar-refractivity contribution < 1.29 is 0 Å². The lowest BCUT2D eigenvalue weighted by molar-refractivity contribution is 0.193. The fourth-order valence-electron chi connectivity index (χ4n) is 5.36. The number of piperidine rings is 1. The first-order valence-electron chi connectivity index (χ1n) is 11.8. The van der Waals surface area contributed by atoms with Crippen LogP contribution in [0.5, 0.6) is 0 Å². The van der Waals surface area contributed by atoms with Gasteiger partial charge in [0.25, 0.3) is 5.56 Å². The van der Waals surface area contributed by atoms with Crippen LogP contribution >= 0.6 is 0 Å². The van der Waals surface area contributed by atoms with Crippen molar-refractivity contribution in [1.29, 1.82) is 0 Å². The molecule has 4 bridgehead atoms. The SMILES string of the molecule is Cc1cccc2c1NCCN2c1cc2cnc3nc2n(c1=O)C1CCCN(C/C=C\CN3)C1. The number of aryl methyl sites for hydroxylation is 1. The van der Waals surface area contributed by atoms with Crippen LogP contribution < -0.4 is 21.1 Å². The van der Waals surface area contributed by atoms with Gasteiger partial charge in [0, 0.05) is 44.3 Å². The number of nitrogens with zero attached hydrogens (tertiary/aromatic N) is 5. The zero-order valence-electron chi connectivity index (χ0n) is 18.9. The van der Waals surface area contributed by atoms with Crippen LogP contribution in [-0.2, 0) is 0 Å². The number of nitrogens with one attached hydrogen (secondary N) is 2. The molecule has 3 aliphatic heterocycles. The normalized spacial score (nSPS) is 23.1. The molecule has 8 heteroatoms. The highest BCUT2D eigenvalue weighted by atomic mass is 16.1. The highest BCUT2D eigenvalue weighted by Crippen LogP contribution is 2.36. The zero-order chi connectivity index (χ0) is 22.4. The summed E-state index contributed by atoms with van der Waals surface area (Å²) >= 11 is 0. The highest BCUT2D eigenvalue weighted by Gasteiger charge is 2.28. The molecule has 0 amide bonds. The lowest BCUT2D eigenvalue weighted by atomic mass is 10.0. The number of hydrogen-bond acceptors (Lipinski definition) is 7. The minimum Gasteiger partial charge on any atom is -0.381 e. The molecule has 0 saturated carbocycles. The van der Waals surface area contributed by atoms with Crippen molar-refractivity contribution in [2.45, 2.75) is 25.8 Å². The Balaban J connectivity index is 1.56. The smallest absolute Gasteiger partial charge is 0.276 e. The molecule has 8 nitrogen and oxygen atoms in total. The minimum atomic E-state index is 0.0287. The van der Waals surface area contributed by atoms with Crippen LogP contribution in [0.3, 0.4) is 0 Å². The number of hydrogen-bond donors (Lipinski definition) is 2. The van der Waals surface area contributed by atoms with E-state index in [1.54, 1.807) is 0 Å². The summed E-state index contributed by atoms with van der Waals surface area (Å²) in [5, 5.41) is 7.67. The van der Waals surface area contributed by atoms with Gasteiger partial charge in [0.1, 0.15) is 11.3 Å². The molecule has 5 heterocycles. The van der Waals surface area contributed by atoms with Crippen LogP contribution in [0, 0.1) is 6.92 Å². The van der Waals surface area contributed by atoms with Crippen LogP contribution in [0.2, 0.25) is 0 Å². The second-order valence-electron chi connectivity index (χ2n) is 9.13. The summed E-state index contributed by atoms with van der Waals surface area (Å²) in [5.41, 5.74) is 4.78.